The molecule has 0 spiro atoms. The number of halogens is 1. The standard InChI is InChI=1S/C19H21IN4O3/c1-11-21-8-12(9-22-11)13-6-14-15(7-16(13)26-5)24(23-18(14)20)10-17(25)27-19(2,3)4/h6-9H,10H2,1-5H3. The van der Waals surface area contributed by atoms with Gasteiger partial charge in [-0.15, -0.1) is 0 Å². The van der Waals surface area contributed by atoms with Gasteiger partial charge in [-0.25, -0.2) is 9.97 Å². The van der Waals surface area contributed by atoms with Gasteiger partial charge in [0.1, 0.15) is 27.4 Å². The van der Waals surface area contributed by atoms with Crippen LogP contribution in [0.2, 0.25) is 0 Å². The molecule has 0 saturated heterocycles. The lowest BCUT2D eigenvalue weighted by molar-refractivity contribution is -0.155. The monoisotopic (exact) mass is 480 g/mol. The summed E-state index contributed by atoms with van der Waals surface area (Å²) in [5.74, 6) is 1.04. The van der Waals surface area contributed by atoms with E-state index in [0.717, 1.165) is 25.7 Å². The molecular weight excluding hydrogens is 459 g/mol. The molecule has 2 aromatic heterocycles. The minimum atomic E-state index is -0.538. The largest absolute Gasteiger partial charge is 0.496 e. The van der Waals surface area contributed by atoms with Crippen LogP contribution in [0.4, 0.5) is 0 Å². The van der Waals surface area contributed by atoms with E-state index in [2.05, 4.69) is 37.7 Å². The fourth-order valence-electron chi connectivity index (χ4n) is 2.70. The van der Waals surface area contributed by atoms with Crippen LogP contribution in [-0.2, 0) is 16.1 Å². The Morgan fingerprint density at radius 3 is 2.48 bits per heavy atom. The van der Waals surface area contributed by atoms with E-state index in [1.54, 1.807) is 24.2 Å². The first-order valence-corrected chi connectivity index (χ1v) is 9.51. The molecule has 27 heavy (non-hydrogen) atoms. The van der Waals surface area contributed by atoms with Gasteiger partial charge < -0.3 is 9.47 Å². The number of carbonyl (C=O) groups excluding carboxylic acids is 1. The summed E-state index contributed by atoms with van der Waals surface area (Å²) in [5.41, 5.74) is 2.00. The molecule has 0 aliphatic rings. The van der Waals surface area contributed by atoms with Crippen molar-refractivity contribution in [2.45, 2.75) is 39.8 Å². The minimum absolute atomic E-state index is 0.0346. The first-order chi connectivity index (χ1) is 12.7. The van der Waals surface area contributed by atoms with Crippen LogP contribution >= 0.6 is 22.6 Å². The third-order valence-corrected chi connectivity index (χ3v) is 4.61. The van der Waals surface area contributed by atoms with Crippen LogP contribution in [0.5, 0.6) is 5.75 Å². The van der Waals surface area contributed by atoms with Crippen LogP contribution in [0, 0.1) is 10.6 Å². The van der Waals surface area contributed by atoms with Gasteiger partial charge >= 0.3 is 5.97 Å². The third-order valence-electron chi connectivity index (χ3n) is 3.82. The van der Waals surface area contributed by atoms with Crippen molar-refractivity contribution >= 4 is 39.5 Å². The van der Waals surface area contributed by atoms with E-state index >= 15 is 0 Å². The van der Waals surface area contributed by atoms with Gasteiger partial charge in [0.15, 0.2) is 0 Å². The SMILES string of the molecule is COc1cc2c(cc1-c1cnc(C)nc1)c(I)nn2CC(=O)OC(C)(C)C. The summed E-state index contributed by atoms with van der Waals surface area (Å²) < 4.78 is 13.4. The van der Waals surface area contributed by atoms with E-state index in [0.29, 0.717) is 11.6 Å². The Morgan fingerprint density at radius 2 is 1.89 bits per heavy atom. The topological polar surface area (TPSA) is 79.1 Å². The molecule has 0 fully saturated rings. The Balaban J connectivity index is 2.05. The second-order valence-electron chi connectivity index (χ2n) is 7.12. The quantitative estimate of drug-likeness (QED) is 0.418. The van der Waals surface area contributed by atoms with E-state index in [-0.39, 0.29) is 12.5 Å². The van der Waals surface area contributed by atoms with Crippen LogP contribution in [0.3, 0.4) is 0 Å². The van der Waals surface area contributed by atoms with Gasteiger partial charge in [-0.05, 0) is 56.4 Å². The summed E-state index contributed by atoms with van der Waals surface area (Å²) in [4.78, 5) is 20.7. The van der Waals surface area contributed by atoms with Crippen molar-refractivity contribution in [3.05, 3.63) is 34.1 Å². The number of methoxy groups -OCH3 is 1. The number of benzene rings is 1. The van der Waals surface area contributed by atoms with Crippen molar-refractivity contribution in [3.63, 3.8) is 0 Å². The Labute approximate surface area is 171 Å². The molecule has 0 amide bonds. The fourth-order valence-corrected chi connectivity index (χ4v) is 3.40. The predicted molar refractivity (Wildman–Crippen MR) is 111 cm³/mol. The van der Waals surface area contributed by atoms with Crippen molar-refractivity contribution in [3.8, 4) is 16.9 Å². The Kier molecular flexibility index (Phi) is 5.36. The maximum absolute atomic E-state index is 12.2. The molecule has 0 atom stereocenters. The van der Waals surface area contributed by atoms with Crippen LogP contribution in [0.25, 0.3) is 22.0 Å². The minimum Gasteiger partial charge on any atom is -0.496 e. The van der Waals surface area contributed by atoms with Crippen LogP contribution < -0.4 is 4.74 Å². The van der Waals surface area contributed by atoms with Gasteiger partial charge in [0.05, 0.1) is 12.6 Å². The van der Waals surface area contributed by atoms with Crippen molar-refractivity contribution in [1.82, 2.24) is 19.7 Å². The number of hydrogen-bond acceptors (Lipinski definition) is 6. The molecule has 8 heteroatoms. The molecule has 0 radical (unpaired) electrons. The number of nitrogens with zero attached hydrogens (tertiary/aromatic N) is 4. The second-order valence-corrected chi connectivity index (χ2v) is 8.15. The van der Waals surface area contributed by atoms with Crippen molar-refractivity contribution in [2.24, 2.45) is 0 Å². The lowest BCUT2D eigenvalue weighted by Crippen LogP contribution is -2.26. The van der Waals surface area contributed by atoms with Crippen LogP contribution in [0.1, 0.15) is 26.6 Å². The van der Waals surface area contributed by atoms with E-state index in [4.69, 9.17) is 9.47 Å². The highest BCUT2D eigenvalue weighted by Crippen LogP contribution is 2.35. The molecular formula is C19H21IN4O3. The van der Waals surface area contributed by atoms with E-state index in [1.165, 1.54) is 0 Å². The number of aromatic nitrogens is 4. The number of hydrogen-bond donors (Lipinski definition) is 0. The summed E-state index contributed by atoms with van der Waals surface area (Å²) in [6.07, 6.45) is 3.54. The molecule has 142 valence electrons. The average Bonchev–Trinajstić information content (AvgIpc) is 2.88. The Morgan fingerprint density at radius 1 is 1.22 bits per heavy atom. The Hall–Kier alpha value is -2.23. The molecule has 0 aliphatic heterocycles. The molecule has 2 heterocycles. The molecule has 1 aromatic carbocycles. The molecule has 3 aromatic rings. The lowest BCUT2D eigenvalue weighted by Gasteiger charge is -2.19. The van der Waals surface area contributed by atoms with Gasteiger partial charge in [-0.2, -0.15) is 5.10 Å². The zero-order valence-electron chi connectivity index (χ0n) is 15.9. The van der Waals surface area contributed by atoms with Gasteiger partial charge in [-0.1, -0.05) is 0 Å². The molecule has 0 bridgehead atoms. The molecule has 7 nitrogen and oxygen atoms in total. The molecule has 0 N–H and O–H groups in total. The zero-order valence-corrected chi connectivity index (χ0v) is 18.1. The maximum atomic E-state index is 12.2. The number of rotatable bonds is 4. The fraction of sp³-hybridized carbons (Fsp3) is 0.368. The van der Waals surface area contributed by atoms with E-state index in [1.807, 2.05) is 39.8 Å². The summed E-state index contributed by atoms with van der Waals surface area (Å²) in [7, 11) is 1.61. The second kappa shape index (κ2) is 7.41. The van der Waals surface area contributed by atoms with Gasteiger partial charge in [0, 0.05) is 35.0 Å². The molecule has 0 saturated carbocycles. The number of esters is 1. The lowest BCUT2D eigenvalue weighted by atomic mass is 10.1. The molecule has 0 unspecified atom stereocenters. The normalized spacial score (nSPS) is 11.6. The summed E-state index contributed by atoms with van der Waals surface area (Å²) in [6.45, 7) is 7.40. The van der Waals surface area contributed by atoms with E-state index < -0.39 is 5.60 Å². The highest BCUT2D eigenvalue weighted by molar-refractivity contribution is 14.1. The van der Waals surface area contributed by atoms with Gasteiger partial charge in [0.25, 0.3) is 0 Å². The summed E-state index contributed by atoms with van der Waals surface area (Å²) in [6, 6.07) is 3.87. The van der Waals surface area contributed by atoms with Gasteiger partial charge in [-0.3, -0.25) is 9.48 Å². The first-order valence-electron chi connectivity index (χ1n) is 8.43. The van der Waals surface area contributed by atoms with E-state index in [9.17, 15) is 4.79 Å². The zero-order chi connectivity index (χ0) is 19.8. The van der Waals surface area contributed by atoms with Crippen molar-refractivity contribution in [1.29, 1.82) is 0 Å². The third kappa shape index (κ3) is 4.37. The smallest absolute Gasteiger partial charge is 0.328 e. The highest BCUT2D eigenvalue weighted by Gasteiger charge is 2.20. The summed E-state index contributed by atoms with van der Waals surface area (Å²) >= 11 is 2.16. The van der Waals surface area contributed by atoms with Crippen LogP contribution in [-0.4, -0.2) is 38.4 Å². The van der Waals surface area contributed by atoms with Crippen LogP contribution in [0.15, 0.2) is 24.5 Å². The van der Waals surface area contributed by atoms with Crippen molar-refractivity contribution in [2.75, 3.05) is 7.11 Å². The van der Waals surface area contributed by atoms with Gasteiger partial charge in [0.2, 0.25) is 0 Å². The first kappa shape index (κ1) is 19.5. The number of aryl methyl sites for hydroxylation is 1. The number of fused-ring (bicyclic) bond motifs is 1. The average molecular weight is 480 g/mol. The Bertz CT molecular complexity index is 991. The maximum Gasteiger partial charge on any atom is 0.328 e. The number of ether oxygens (including phenoxy) is 2. The highest BCUT2D eigenvalue weighted by atomic mass is 127. The summed E-state index contributed by atoms with van der Waals surface area (Å²) in [5, 5.41) is 5.43. The molecule has 0 aliphatic carbocycles. The number of carbonyl (C=O) groups is 1. The predicted octanol–water partition coefficient (Wildman–Crippen LogP) is 3.76. The molecule has 3 rings (SSSR count). The van der Waals surface area contributed by atoms with Crippen molar-refractivity contribution < 1.29 is 14.3 Å².